The van der Waals surface area contributed by atoms with E-state index in [0.29, 0.717) is 6.01 Å². The maximum absolute atomic E-state index is 5.70. The molecule has 16 heavy (non-hydrogen) atoms. The summed E-state index contributed by atoms with van der Waals surface area (Å²) in [6.45, 7) is 2.01. The first kappa shape index (κ1) is 10.4. The van der Waals surface area contributed by atoms with Gasteiger partial charge in [0.1, 0.15) is 0 Å². The largest absolute Gasteiger partial charge is 0.467 e. The fourth-order valence-electron chi connectivity index (χ4n) is 1.57. The first-order chi connectivity index (χ1) is 7.70. The SMILES string of the molecule is COc1ncc(-c2ccc(N)cc2C)cn1. The lowest BCUT2D eigenvalue weighted by Gasteiger charge is -2.06. The monoisotopic (exact) mass is 215 g/mol. The number of nitrogen functional groups attached to an aromatic ring is 1. The van der Waals surface area contributed by atoms with Crippen molar-refractivity contribution >= 4 is 5.69 Å². The summed E-state index contributed by atoms with van der Waals surface area (Å²) in [6.07, 6.45) is 3.48. The molecule has 0 atom stereocenters. The van der Waals surface area contributed by atoms with E-state index in [-0.39, 0.29) is 0 Å². The molecular formula is C12H13N3O. The lowest BCUT2D eigenvalue weighted by Crippen LogP contribution is -1.93. The van der Waals surface area contributed by atoms with Crippen LogP contribution in [0.25, 0.3) is 11.1 Å². The molecule has 0 saturated carbocycles. The Kier molecular flexibility index (Phi) is 2.72. The van der Waals surface area contributed by atoms with Crippen molar-refractivity contribution in [3.63, 3.8) is 0 Å². The van der Waals surface area contributed by atoms with E-state index >= 15 is 0 Å². The summed E-state index contributed by atoms with van der Waals surface area (Å²) in [5.74, 6) is 0. The Morgan fingerprint density at radius 3 is 2.44 bits per heavy atom. The van der Waals surface area contributed by atoms with Crippen molar-refractivity contribution in [2.45, 2.75) is 6.92 Å². The van der Waals surface area contributed by atoms with Gasteiger partial charge in [-0.2, -0.15) is 0 Å². The van der Waals surface area contributed by atoms with Crippen LogP contribution in [0.2, 0.25) is 0 Å². The minimum absolute atomic E-state index is 0.372. The number of nitrogens with zero attached hydrogens (tertiary/aromatic N) is 2. The summed E-state index contributed by atoms with van der Waals surface area (Å²) in [6, 6.07) is 6.14. The maximum atomic E-state index is 5.70. The third-order valence-electron chi connectivity index (χ3n) is 2.37. The summed E-state index contributed by atoms with van der Waals surface area (Å²) >= 11 is 0. The molecule has 0 aliphatic carbocycles. The summed E-state index contributed by atoms with van der Waals surface area (Å²) in [5, 5.41) is 0. The van der Waals surface area contributed by atoms with Crippen molar-refractivity contribution < 1.29 is 4.74 Å². The molecule has 2 N–H and O–H groups in total. The highest BCUT2D eigenvalue weighted by Gasteiger charge is 2.03. The fraction of sp³-hybridized carbons (Fsp3) is 0.167. The van der Waals surface area contributed by atoms with E-state index < -0.39 is 0 Å². The van der Waals surface area contributed by atoms with Crippen LogP contribution < -0.4 is 10.5 Å². The van der Waals surface area contributed by atoms with Crippen LogP contribution in [0.5, 0.6) is 6.01 Å². The number of methoxy groups -OCH3 is 1. The van der Waals surface area contributed by atoms with E-state index in [1.54, 1.807) is 19.5 Å². The first-order valence-corrected chi connectivity index (χ1v) is 4.93. The van der Waals surface area contributed by atoms with Crippen molar-refractivity contribution in [3.8, 4) is 17.1 Å². The van der Waals surface area contributed by atoms with Gasteiger partial charge in [-0.15, -0.1) is 0 Å². The van der Waals surface area contributed by atoms with E-state index in [2.05, 4.69) is 9.97 Å². The molecule has 1 aromatic heterocycles. The van der Waals surface area contributed by atoms with Crippen LogP contribution in [0.4, 0.5) is 5.69 Å². The van der Waals surface area contributed by atoms with E-state index in [0.717, 1.165) is 22.4 Å². The van der Waals surface area contributed by atoms with E-state index in [9.17, 15) is 0 Å². The molecule has 0 aliphatic rings. The third kappa shape index (κ3) is 1.95. The van der Waals surface area contributed by atoms with Crippen LogP contribution >= 0.6 is 0 Å². The first-order valence-electron chi connectivity index (χ1n) is 4.93. The van der Waals surface area contributed by atoms with Crippen LogP contribution in [0.3, 0.4) is 0 Å². The Balaban J connectivity index is 2.42. The van der Waals surface area contributed by atoms with Crippen LogP contribution in [0, 0.1) is 6.92 Å². The standard InChI is InChI=1S/C12H13N3O/c1-8-5-10(13)3-4-11(8)9-6-14-12(16-2)15-7-9/h3-7H,13H2,1-2H3. The Morgan fingerprint density at radius 1 is 1.19 bits per heavy atom. The number of rotatable bonds is 2. The maximum Gasteiger partial charge on any atom is 0.316 e. The number of benzene rings is 1. The molecule has 0 spiro atoms. The third-order valence-corrected chi connectivity index (χ3v) is 2.37. The van der Waals surface area contributed by atoms with Crippen molar-refractivity contribution in [1.29, 1.82) is 0 Å². The molecule has 2 rings (SSSR count). The zero-order valence-corrected chi connectivity index (χ0v) is 9.27. The number of nitrogens with two attached hydrogens (primary N) is 1. The van der Waals surface area contributed by atoms with Gasteiger partial charge in [-0.05, 0) is 30.2 Å². The number of hydrogen-bond donors (Lipinski definition) is 1. The van der Waals surface area contributed by atoms with Gasteiger partial charge in [0.25, 0.3) is 0 Å². The molecule has 0 saturated heterocycles. The minimum Gasteiger partial charge on any atom is -0.467 e. The van der Waals surface area contributed by atoms with Gasteiger partial charge >= 0.3 is 6.01 Å². The highest BCUT2D eigenvalue weighted by atomic mass is 16.5. The zero-order valence-electron chi connectivity index (χ0n) is 9.27. The lowest BCUT2D eigenvalue weighted by atomic mass is 10.0. The number of aromatic nitrogens is 2. The van der Waals surface area contributed by atoms with E-state index in [4.69, 9.17) is 10.5 Å². The highest BCUT2D eigenvalue weighted by Crippen LogP contribution is 2.24. The average molecular weight is 215 g/mol. The molecule has 2 aromatic rings. The molecule has 4 nitrogen and oxygen atoms in total. The Hall–Kier alpha value is -2.10. The molecular weight excluding hydrogens is 202 g/mol. The van der Waals surface area contributed by atoms with Gasteiger partial charge in [-0.1, -0.05) is 6.07 Å². The van der Waals surface area contributed by atoms with Crippen molar-refractivity contribution in [3.05, 3.63) is 36.2 Å². The van der Waals surface area contributed by atoms with Gasteiger partial charge in [-0.25, -0.2) is 9.97 Å². The minimum atomic E-state index is 0.372. The number of ether oxygens (including phenoxy) is 1. The molecule has 0 amide bonds. The molecule has 0 bridgehead atoms. The van der Waals surface area contributed by atoms with Crippen molar-refractivity contribution in [2.75, 3.05) is 12.8 Å². The molecule has 4 heteroatoms. The summed E-state index contributed by atoms with van der Waals surface area (Å²) in [4.78, 5) is 8.15. The molecule has 1 heterocycles. The normalized spacial score (nSPS) is 10.1. The van der Waals surface area contributed by atoms with Gasteiger partial charge in [-0.3, -0.25) is 0 Å². The topological polar surface area (TPSA) is 61.0 Å². The van der Waals surface area contributed by atoms with Gasteiger partial charge in [0, 0.05) is 23.6 Å². The smallest absolute Gasteiger partial charge is 0.316 e. The Labute approximate surface area is 94.1 Å². The molecule has 0 aliphatic heterocycles. The van der Waals surface area contributed by atoms with Crippen LogP contribution in [0.15, 0.2) is 30.6 Å². The molecule has 1 aromatic carbocycles. The highest BCUT2D eigenvalue weighted by molar-refractivity contribution is 5.68. The predicted octanol–water partition coefficient (Wildman–Crippen LogP) is 2.04. The second-order valence-corrected chi connectivity index (χ2v) is 3.53. The quantitative estimate of drug-likeness (QED) is 0.779. The Bertz CT molecular complexity index is 494. The second-order valence-electron chi connectivity index (χ2n) is 3.53. The molecule has 82 valence electrons. The summed E-state index contributed by atoms with van der Waals surface area (Å²) in [5.41, 5.74) is 9.60. The predicted molar refractivity (Wildman–Crippen MR) is 63.2 cm³/mol. The van der Waals surface area contributed by atoms with Gasteiger partial charge in [0.05, 0.1) is 7.11 Å². The Morgan fingerprint density at radius 2 is 1.88 bits per heavy atom. The van der Waals surface area contributed by atoms with Crippen LogP contribution in [0.1, 0.15) is 5.56 Å². The van der Waals surface area contributed by atoms with Crippen molar-refractivity contribution in [1.82, 2.24) is 9.97 Å². The number of hydrogen-bond acceptors (Lipinski definition) is 4. The molecule has 0 radical (unpaired) electrons. The average Bonchev–Trinajstić information content (AvgIpc) is 2.29. The number of anilines is 1. The van der Waals surface area contributed by atoms with E-state index in [1.807, 2.05) is 25.1 Å². The summed E-state index contributed by atoms with van der Waals surface area (Å²) in [7, 11) is 1.55. The van der Waals surface area contributed by atoms with Gasteiger partial charge in [0.15, 0.2) is 0 Å². The van der Waals surface area contributed by atoms with Crippen molar-refractivity contribution in [2.24, 2.45) is 0 Å². The van der Waals surface area contributed by atoms with Crippen LogP contribution in [-0.2, 0) is 0 Å². The molecule has 0 fully saturated rings. The molecule has 0 unspecified atom stereocenters. The van der Waals surface area contributed by atoms with Gasteiger partial charge in [0.2, 0.25) is 0 Å². The second kappa shape index (κ2) is 4.18. The van der Waals surface area contributed by atoms with E-state index in [1.165, 1.54) is 0 Å². The summed E-state index contributed by atoms with van der Waals surface area (Å²) < 4.78 is 4.91. The van der Waals surface area contributed by atoms with Crippen LogP contribution in [-0.4, -0.2) is 17.1 Å². The zero-order chi connectivity index (χ0) is 11.5. The fourth-order valence-corrected chi connectivity index (χ4v) is 1.57. The van der Waals surface area contributed by atoms with Gasteiger partial charge < -0.3 is 10.5 Å². The number of aryl methyl sites for hydroxylation is 1. The lowest BCUT2D eigenvalue weighted by molar-refractivity contribution is 0.380.